The maximum absolute atomic E-state index is 13.2. The van der Waals surface area contributed by atoms with Gasteiger partial charge in [0.05, 0.1) is 23.9 Å². The first-order chi connectivity index (χ1) is 14.5. The number of hydrogen-bond acceptors (Lipinski definition) is 6. The van der Waals surface area contributed by atoms with Gasteiger partial charge in [0.15, 0.2) is 5.16 Å². The highest BCUT2D eigenvalue weighted by atomic mass is 35.5. The molecule has 0 saturated carbocycles. The molecule has 4 rings (SSSR count). The van der Waals surface area contributed by atoms with Crippen LogP contribution >= 0.6 is 34.7 Å². The monoisotopic (exact) mass is 463 g/mol. The van der Waals surface area contributed by atoms with E-state index in [2.05, 4.69) is 5.32 Å². The van der Waals surface area contributed by atoms with Crippen LogP contribution in [0.2, 0.25) is 5.02 Å². The maximum atomic E-state index is 13.2. The Balaban J connectivity index is 1.58. The molecule has 30 heavy (non-hydrogen) atoms. The second-order valence-electron chi connectivity index (χ2n) is 7.07. The number of thioether (sulfide) groups is 1. The summed E-state index contributed by atoms with van der Waals surface area (Å²) in [5.41, 5.74) is 1.71. The van der Waals surface area contributed by atoms with Crippen molar-refractivity contribution in [3.8, 4) is 5.75 Å². The number of rotatable bonds is 7. The number of methoxy groups -OCH3 is 1. The van der Waals surface area contributed by atoms with Crippen molar-refractivity contribution in [2.75, 3.05) is 18.2 Å². The lowest BCUT2D eigenvalue weighted by atomic mass is 10.2. The van der Waals surface area contributed by atoms with Gasteiger partial charge in [0, 0.05) is 16.4 Å². The summed E-state index contributed by atoms with van der Waals surface area (Å²) in [5.74, 6) is 0.447. The van der Waals surface area contributed by atoms with Crippen LogP contribution in [-0.4, -0.2) is 28.3 Å². The fraction of sp³-hybridized carbons (Fsp3) is 0.381. The molecule has 0 atom stereocenters. The second-order valence-corrected chi connectivity index (χ2v) is 9.53. The molecule has 1 N–H and O–H groups in total. The summed E-state index contributed by atoms with van der Waals surface area (Å²) in [4.78, 5) is 32.6. The number of fused-ring (bicyclic) bond motifs is 3. The topological polar surface area (TPSA) is 73.2 Å². The summed E-state index contributed by atoms with van der Waals surface area (Å²) >= 11 is 8.92. The van der Waals surface area contributed by atoms with Gasteiger partial charge in [0.25, 0.3) is 5.56 Å². The summed E-state index contributed by atoms with van der Waals surface area (Å²) in [7, 11) is 1.54. The summed E-state index contributed by atoms with van der Waals surface area (Å²) in [6.07, 6.45) is 3.90. The molecule has 0 bridgehead atoms. The molecule has 2 aromatic heterocycles. The van der Waals surface area contributed by atoms with Crippen LogP contribution in [0.4, 0.5) is 5.69 Å². The number of thiophene rings is 1. The number of ether oxygens (including phenoxy) is 1. The molecule has 2 heterocycles. The van der Waals surface area contributed by atoms with Crippen LogP contribution in [-0.2, 0) is 24.2 Å². The van der Waals surface area contributed by atoms with Gasteiger partial charge < -0.3 is 10.1 Å². The molecule has 158 valence electrons. The van der Waals surface area contributed by atoms with Gasteiger partial charge in [-0.05, 0) is 49.4 Å². The molecule has 1 aromatic carbocycles. The van der Waals surface area contributed by atoms with Crippen molar-refractivity contribution in [3.05, 3.63) is 44.0 Å². The zero-order valence-electron chi connectivity index (χ0n) is 16.8. The number of carbonyl (C=O) groups excluding carboxylic acids is 1. The standard InChI is InChI=1S/C21H22ClN3O3S2/c1-3-9-25-20(27)18-13-5-4-6-16(13)30-19(18)24-21(25)29-11-17(26)23-14-10-12(22)7-8-15(14)28-2/h7-8,10H,3-6,9,11H2,1-2H3,(H,23,26). The number of amides is 1. The maximum Gasteiger partial charge on any atom is 0.263 e. The van der Waals surface area contributed by atoms with Crippen molar-refractivity contribution >= 4 is 56.5 Å². The van der Waals surface area contributed by atoms with E-state index in [-0.39, 0.29) is 17.2 Å². The molecule has 1 aliphatic rings. The molecule has 3 aromatic rings. The summed E-state index contributed by atoms with van der Waals surface area (Å²) in [6.45, 7) is 2.61. The molecule has 9 heteroatoms. The fourth-order valence-corrected chi connectivity index (χ4v) is 5.98. The first-order valence-corrected chi connectivity index (χ1v) is 12.0. The molecule has 0 spiro atoms. The SMILES string of the molecule is CCCn1c(SCC(=O)Nc2cc(Cl)ccc2OC)nc2sc3c(c2c1=O)CCC3. The predicted octanol–water partition coefficient (Wildman–Crippen LogP) is 4.75. The lowest BCUT2D eigenvalue weighted by molar-refractivity contribution is -0.113. The highest BCUT2D eigenvalue weighted by molar-refractivity contribution is 7.99. The van der Waals surface area contributed by atoms with E-state index < -0.39 is 0 Å². The van der Waals surface area contributed by atoms with Gasteiger partial charge in [0.2, 0.25) is 5.91 Å². The minimum Gasteiger partial charge on any atom is -0.495 e. The average Bonchev–Trinajstić information content (AvgIpc) is 3.30. The van der Waals surface area contributed by atoms with Gasteiger partial charge in [-0.1, -0.05) is 30.3 Å². The third-order valence-corrected chi connectivity index (χ3v) is 7.40. The number of aryl methyl sites for hydroxylation is 2. The van der Waals surface area contributed by atoms with Gasteiger partial charge >= 0.3 is 0 Å². The van der Waals surface area contributed by atoms with E-state index in [9.17, 15) is 9.59 Å². The lowest BCUT2D eigenvalue weighted by Crippen LogP contribution is -2.24. The number of hydrogen-bond donors (Lipinski definition) is 1. The number of nitrogens with zero attached hydrogens (tertiary/aromatic N) is 2. The Morgan fingerprint density at radius 3 is 3.00 bits per heavy atom. The third-order valence-electron chi connectivity index (χ3n) is 5.01. The number of nitrogens with one attached hydrogen (secondary N) is 1. The summed E-state index contributed by atoms with van der Waals surface area (Å²) in [6, 6.07) is 5.05. The van der Waals surface area contributed by atoms with E-state index in [1.807, 2.05) is 6.92 Å². The first-order valence-electron chi connectivity index (χ1n) is 9.83. The Morgan fingerprint density at radius 2 is 2.23 bits per heavy atom. The summed E-state index contributed by atoms with van der Waals surface area (Å²) < 4.78 is 6.99. The molecule has 6 nitrogen and oxygen atoms in total. The average molecular weight is 464 g/mol. The Kier molecular flexibility index (Phi) is 6.36. The van der Waals surface area contributed by atoms with E-state index in [1.54, 1.807) is 34.1 Å². The number of carbonyl (C=O) groups is 1. The van der Waals surface area contributed by atoms with Crippen LogP contribution in [0.15, 0.2) is 28.2 Å². The van der Waals surface area contributed by atoms with Crippen molar-refractivity contribution < 1.29 is 9.53 Å². The fourth-order valence-electron chi connectivity index (χ4n) is 3.68. The number of aromatic nitrogens is 2. The third kappa shape index (κ3) is 4.08. The molecular weight excluding hydrogens is 442 g/mol. The molecule has 0 fully saturated rings. The minimum absolute atomic E-state index is 0.0145. The quantitative estimate of drug-likeness (QED) is 0.404. The molecule has 0 aliphatic heterocycles. The van der Waals surface area contributed by atoms with Crippen LogP contribution < -0.4 is 15.6 Å². The molecule has 1 amide bonds. The van der Waals surface area contributed by atoms with E-state index in [0.717, 1.165) is 35.9 Å². The molecule has 0 radical (unpaired) electrons. The van der Waals surface area contributed by atoms with Crippen molar-refractivity contribution in [1.29, 1.82) is 0 Å². The van der Waals surface area contributed by atoms with Gasteiger partial charge in [-0.25, -0.2) is 4.98 Å². The Hall–Kier alpha value is -2.03. The van der Waals surface area contributed by atoms with Crippen molar-refractivity contribution in [1.82, 2.24) is 9.55 Å². The number of benzene rings is 1. The lowest BCUT2D eigenvalue weighted by Gasteiger charge is -2.12. The van der Waals surface area contributed by atoms with Crippen molar-refractivity contribution in [2.45, 2.75) is 44.3 Å². The predicted molar refractivity (Wildman–Crippen MR) is 124 cm³/mol. The van der Waals surface area contributed by atoms with E-state index in [0.29, 0.717) is 28.2 Å². The molecule has 0 saturated heterocycles. The van der Waals surface area contributed by atoms with E-state index >= 15 is 0 Å². The highest BCUT2D eigenvalue weighted by Gasteiger charge is 2.23. The Morgan fingerprint density at radius 1 is 1.40 bits per heavy atom. The van der Waals surface area contributed by atoms with Gasteiger partial charge in [-0.15, -0.1) is 11.3 Å². The number of anilines is 1. The minimum atomic E-state index is -0.216. The Labute approximate surface area is 187 Å². The molecule has 0 unspecified atom stereocenters. The largest absolute Gasteiger partial charge is 0.495 e. The normalized spacial score (nSPS) is 12.9. The van der Waals surface area contributed by atoms with E-state index in [1.165, 1.54) is 29.3 Å². The zero-order valence-corrected chi connectivity index (χ0v) is 19.2. The van der Waals surface area contributed by atoms with Gasteiger partial charge in [0.1, 0.15) is 10.6 Å². The van der Waals surface area contributed by atoms with Crippen LogP contribution in [0.5, 0.6) is 5.75 Å². The van der Waals surface area contributed by atoms with Crippen molar-refractivity contribution in [2.24, 2.45) is 0 Å². The Bertz CT molecular complexity index is 1170. The van der Waals surface area contributed by atoms with Crippen molar-refractivity contribution in [3.63, 3.8) is 0 Å². The highest BCUT2D eigenvalue weighted by Crippen LogP contribution is 2.35. The van der Waals surface area contributed by atoms with Gasteiger partial charge in [-0.3, -0.25) is 14.2 Å². The van der Waals surface area contributed by atoms with Crippen LogP contribution in [0.25, 0.3) is 10.2 Å². The molecular formula is C21H22ClN3O3S2. The second kappa shape index (κ2) is 8.99. The smallest absolute Gasteiger partial charge is 0.263 e. The number of halogens is 1. The van der Waals surface area contributed by atoms with Gasteiger partial charge in [-0.2, -0.15) is 0 Å². The first kappa shape index (κ1) is 21.2. The summed E-state index contributed by atoms with van der Waals surface area (Å²) in [5, 5.41) is 4.70. The van der Waals surface area contributed by atoms with Crippen LogP contribution in [0, 0.1) is 0 Å². The van der Waals surface area contributed by atoms with Crippen LogP contribution in [0.1, 0.15) is 30.2 Å². The van der Waals surface area contributed by atoms with Crippen LogP contribution in [0.3, 0.4) is 0 Å². The van der Waals surface area contributed by atoms with E-state index in [4.69, 9.17) is 21.3 Å². The zero-order chi connectivity index (χ0) is 21.3. The molecule has 1 aliphatic carbocycles.